The van der Waals surface area contributed by atoms with Crippen LogP contribution >= 0.6 is 15.9 Å². The van der Waals surface area contributed by atoms with Gasteiger partial charge in [0.2, 0.25) is 0 Å². The molecule has 4 aromatic carbocycles. The number of hydrogen-bond acceptors (Lipinski definition) is 2. The lowest BCUT2D eigenvalue weighted by Gasteiger charge is -2.07. The molecule has 4 nitrogen and oxygen atoms in total. The van der Waals surface area contributed by atoms with Crippen LogP contribution in [0.3, 0.4) is 0 Å². The van der Waals surface area contributed by atoms with Crippen molar-refractivity contribution in [2.45, 2.75) is 0 Å². The van der Waals surface area contributed by atoms with Crippen LogP contribution in [0, 0.1) is 23.3 Å². The van der Waals surface area contributed by atoms with E-state index in [0.29, 0.717) is 93.8 Å². The fourth-order valence-corrected chi connectivity index (χ4v) is 7.56. The molecular weight excluding hydrogens is 740 g/mol. The van der Waals surface area contributed by atoms with Gasteiger partial charge < -0.3 is 9.97 Å². The normalized spacial score (nSPS) is 12.1. The molecule has 0 unspecified atom stereocenters. The van der Waals surface area contributed by atoms with E-state index < -0.39 is 23.3 Å². The van der Waals surface area contributed by atoms with Crippen molar-refractivity contribution in [2.24, 2.45) is 0 Å². The zero-order valence-electron chi connectivity index (χ0n) is 27.6. The van der Waals surface area contributed by atoms with Crippen LogP contribution in [0.5, 0.6) is 0 Å². The summed E-state index contributed by atoms with van der Waals surface area (Å²) in [6.45, 7) is 0. The van der Waals surface area contributed by atoms with Crippen molar-refractivity contribution in [3.05, 3.63) is 166 Å². The lowest BCUT2D eigenvalue weighted by molar-refractivity contribution is 0.628. The number of fused-ring (bicyclic) bond motifs is 8. The van der Waals surface area contributed by atoms with Gasteiger partial charge in [0.25, 0.3) is 0 Å². The summed E-state index contributed by atoms with van der Waals surface area (Å²) >= 11 is 3.76. The third kappa shape index (κ3) is 5.98. The lowest BCUT2D eigenvalue weighted by Crippen LogP contribution is -1.90. The predicted octanol–water partition coefficient (Wildman–Crippen LogP) is 12.6. The molecule has 0 amide bonds. The standard InChI is InChI=1S/C44H25BrF4N4/c45-32-23-39-42(26-7-3-11-30(48)21-26)37-16-15-35(51-37)40(24-5-1-9-28(46)19-24)33-13-14-34(50-33)41(25-6-2-10-29(47)20-25)36-17-18-38(52-36)43(44(32)53-39)27-8-4-12-31(49)22-27/h1-23,50,53H. The molecule has 2 aliphatic heterocycles. The van der Waals surface area contributed by atoms with Gasteiger partial charge in [-0.1, -0.05) is 48.5 Å². The van der Waals surface area contributed by atoms with Crippen molar-refractivity contribution in [1.82, 2.24) is 19.9 Å². The zero-order chi connectivity index (χ0) is 36.2. The molecule has 9 heteroatoms. The van der Waals surface area contributed by atoms with E-state index in [2.05, 4.69) is 25.9 Å². The third-order valence-electron chi connectivity index (χ3n) is 9.27. The summed E-state index contributed by atoms with van der Waals surface area (Å²) in [5.41, 5.74) is 9.36. The van der Waals surface area contributed by atoms with Crippen LogP contribution in [0.2, 0.25) is 0 Å². The molecule has 0 aliphatic carbocycles. The maximum Gasteiger partial charge on any atom is 0.123 e. The summed E-state index contributed by atoms with van der Waals surface area (Å²) in [7, 11) is 0. The van der Waals surface area contributed by atoms with Gasteiger partial charge in [-0.2, -0.15) is 0 Å². The van der Waals surface area contributed by atoms with E-state index in [1.54, 1.807) is 36.4 Å². The van der Waals surface area contributed by atoms with Crippen LogP contribution < -0.4 is 0 Å². The van der Waals surface area contributed by atoms with Crippen LogP contribution in [0.4, 0.5) is 17.6 Å². The molecule has 9 rings (SSSR count). The number of halogens is 5. The number of hydrogen-bond donors (Lipinski definition) is 2. The zero-order valence-corrected chi connectivity index (χ0v) is 29.1. The van der Waals surface area contributed by atoms with E-state index in [0.717, 1.165) is 0 Å². The topological polar surface area (TPSA) is 57.4 Å². The highest BCUT2D eigenvalue weighted by molar-refractivity contribution is 9.10. The van der Waals surface area contributed by atoms with Crippen LogP contribution in [0.1, 0.15) is 22.8 Å². The Bertz CT molecular complexity index is 2870. The predicted molar refractivity (Wildman–Crippen MR) is 208 cm³/mol. The minimum absolute atomic E-state index is 0.414. The van der Waals surface area contributed by atoms with Crippen molar-refractivity contribution < 1.29 is 17.6 Å². The molecule has 256 valence electrons. The monoisotopic (exact) mass is 764 g/mol. The highest BCUT2D eigenvalue weighted by Crippen LogP contribution is 2.40. The van der Waals surface area contributed by atoms with E-state index >= 15 is 0 Å². The number of benzene rings is 4. The van der Waals surface area contributed by atoms with Gasteiger partial charge in [-0.3, -0.25) is 0 Å². The molecular formula is C44H25BrF4N4. The Morgan fingerprint density at radius 1 is 0.396 bits per heavy atom. The molecule has 0 saturated heterocycles. The molecule has 2 N–H and O–H groups in total. The first-order chi connectivity index (χ1) is 25.8. The first-order valence-electron chi connectivity index (χ1n) is 16.7. The Hall–Kier alpha value is -6.32. The van der Waals surface area contributed by atoms with Gasteiger partial charge in [0.1, 0.15) is 23.3 Å². The molecule has 0 radical (unpaired) electrons. The molecule has 2 aliphatic rings. The van der Waals surface area contributed by atoms with Crippen molar-refractivity contribution in [2.75, 3.05) is 0 Å². The fourth-order valence-electron chi connectivity index (χ4n) is 7.03. The highest BCUT2D eigenvalue weighted by Gasteiger charge is 2.21. The van der Waals surface area contributed by atoms with Crippen LogP contribution in [0.15, 0.2) is 120 Å². The van der Waals surface area contributed by atoms with Gasteiger partial charge in [0, 0.05) is 43.3 Å². The molecule has 0 saturated carbocycles. The highest BCUT2D eigenvalue weighted by atomic mass is 79.9. The maximum absolute atomic E-state index is 14.9. The average Bonchev–Trinajstić information content (AvgIpc) is 3.96. The lowest BCUT2D eigenvalue weighted by atomic mass is 10.0. The molecule has 8 bridgehead atoms. The Morgan fingerprint density at radius 2 is 0.755 bits per heavy atom. The number of aromatic amines is 2. The third-order valence-corrected chi connectivity index (χ3v) is 9.90. The van der Waals surface area contributed by atoms with E-state index in [1.807, 2.05) is 54.6 Å². The second-order valence-electron chi connectivity index (χ2n) is 12.7. The summed E-state index contributed by atoms with van der Waals surface area (Å²) in [6, 6.07) is 30.7. The molecule has 5 heterocycles. The van der Waals surface area contributed by atoms with Crippen LogP contribution in [0.25, 0.3) is 90.9 Å². The van der Waals surface area contributed by atoms with Crippen molar-refractivity contribution in [1.29, 1.82) is 0 Å². The number of rotatable bonds is 4. The van der Waals surface area contributed by atoms with Crippen molar-refractivity contribution >= 4 is 62.3 Å². The SMILES string of the molecule is Fc1cccc(-c2c3nc(c(-c4cccc(F)c4)c4cc(Br)c([nH]4)c(-c4cccc(F)c4)c4nc(c(-c5cccc(F)c5)c5ccc2[nH]5)C=C4)C=C3)c1. The summed E-state index contributed by atoms with van der Waals surface area (Å²) in [5.74, 6) is -1.67. The van der Waals surface area contributed by atoms with E-state index in [1.165, 1.54) is 48.5 Å². The largest absolute Gasteiger partial charge is 0.354 e. The second kappa shape index (κ2) is 13.0. The molecule has 3 aromatic heterocycles. The minimum Gasteiger partial charge on any atom is -0.354 e. The first-order valence-corrected chi connectivity index (χ1v) is 17.5. The van der Waals surface area contributed by atoms with Gasteiger partial charge in [0.05, 0.1) is 28.3 Å². The number of H-pyrrole nitrogens is 2. The van der Waals surface area contributed by atoms with Gasteiger partial charge >= 0.3 is 0 Å². The molecule has 0 fully saturated rings. The van der Waals surface area contributed by atoms with E-state index in [9.17, 15) is 17.6 Å². The first kappa shape index (κ1) is 32.6. The van der Waals surface area contributed by atoms with Crippen LogP contribution in [-0.4, -0.2) is 19.9 Å². The fraction of sp³-hybridized carbons (Fsp3) is 0. The van der Waals surface area contributed by atoms with E-state index in [4.69, 9.17) is 9.97 Å². The molecule has 0 atom stereocenters. The smallest absolute Gasteiger partial charge is 0.123 e. The van der Waals surface area contributed by atoms with Gasteiger partial charge in [-0.05, 0) is 129 Å². The molecule has 53 heavy (non-hydrogen) atoms. The van der Waals surface area contributed by atoms with Gasteiger partial charge in [-0.15, -0.1) is 0 Å². The summed E-state index contributed by atoms with van der Waals surface area (Å²) in [4.78, 5) is 17.3. The number of nitrogens with one attached hydrogen (secondary N) is 2. The minimum atomic E-state index is -0.423. The van der Waals surface area contributed by atoms with Gasteiger partial charge in [0.15, 0.2) is 0 Å². The number of nitrogens with zero attached hydrogens (tertiary/aromatic N) is 2. The van der Waals surface area contributed by atoms with Crippen molar-refractivity contribution in [3.8, 4) is 44.5 Å². The quantitative estimate of drug-likeness (QED) is 0.175. The Balaban J connectivity index is 1.51. The maximum atomic E-state index is 14.9. The Labute approximate surface area is 309 Å². The Morgan fingerprint density at radius 3 is 1.15 bits per heavy atom. The molecule has 0 spiro atoms. The summed E-state index contributed by atoms with van der Waals surface area (Å²) in [5, 5.41) is 0. The van der Waals surface area contributed by atoms with E-state index in [-0.39, 0.29) is 0 Å². The Kier molecular flexibility index (Phi) is 8.00. The number of aromatic nitrogens is 4. The van der Waals surface area contributed by atoms with Crippen LogP contribution in [-0.2, 0) is 0 Å². The second-order valence-corrected chi connectivity index (χ2v) is 13.5. The summed E-state index contributed by atoms with van der Waals surface area (Å²) < 4.78 is 60.0. The van der Waals surface area contributed by atoms with Gasteiger partial charge in [-0.25, -0.2) is 27.5 Å². The average molecular weight is 766 g/mol. The summed E-state index contributed by atoms with van der Waals surface area (Å²) in [6.07, 6.45) is 7.38. The molecule has 7 aromatic rings. The van der Waals surface area contributed by atoms with Crippen molar-refractivity contribution in [3.63, 3.8) is 0 Å².